The number of methoxy groups -OCH3 is 1. The van der Waals surface area contributed by atoms with Crippen LogP contribution in [0.5, 0.6) is 5.75 Å². The van der Waals surface area contributed by atoms with Crippen molar-refractivity contribution in [2.75, 3.05) is 20.3 Å². The predicted octanol–water partition coefficient (Wildman–Crippen LogP) is 2.37. The van der Waals surface area contributed by atoms with E-state index >= 15 is 0 Å². The van der Waals surface area contributed by atoms with Gasteiger partial charge in [0.05, 0.1) is 26.9 Å². The Morgan fingerprint density at radius 1 is 1.35 bits per heavy atom. The summed E-state index contributed by atoms with van der Waals surface area (Å²) in [7, 11) is 1.43. The zero-order valence-corrected chi connectivity index (χ0v) is 10.5. The van der Waals surface area contributed by atoms with Crippen LogP contribution in [-0.2, 0) is 11.3 Å². The minimum atomic E-state index is -0.392. The molecule has 1 rings (SSSR count). The van der Waals surface area contributed by atoms with E-state index in [2.05, 4.69) is 0 Å². The third-order valence-corrected chi connectivity index (χ3v) is 2.44. The van der Waals surface area contributed by atoms with Crippen molar-refractivity contribution in [1.29, 1.82) is 0 Å². The van der Waals surface area contributed by atoms with Crippen LogP contribution in [0.15, 0.2) is 18.2 Å². The van der Waals surface area contributed by atoms with Gasteiger partial charge in [-0.25, -0.2) is 4.39 Å². The Bertz CT molecular complexity index is 364. The minimum Gasteiger partial charge on any atom is -0.494 e. The van der Waals surface area contributed by atoms with Gasteiger partial charge in [0.25, 0.3) is 0 Å². The zero-order chi connectivity index (χ0) is 12.9. The second kappa shape index (κ2) is 5.98. The van der Waals surface area contributed by atoms with Gasteiger partial charge in [0.1, 0.15) is 0 Å². The maximum atomic E-state index is 13.7. The van der Waals surface area contributed by atoms with Crippen LogP contribution in [0.3, 0.4) is 0 Å². The van der Waals surface area contributed by atoms with Crippen molar-refractivity contribution in [3.8, 4) is 5.75 Å². The lowest BCUT2D eigenvalue weighted by atomic mass is 9.97. The summed E-state index contributed by atoms with van der Waals surface area (Å²) in [6.45, 7) is 4.35. The van der Waals surface area contributed by atoms with Crippen LogP contribution in [-0.4, -0.2) is 25.4 Å². The second-order valence-corrected chi connectivity index (χ2v) is 4.75. The maximum absolute atomic E-state index is 13.7. The Balaban J connectivity index is 2.58. The van der Waals surface area contributed by atoms with E-state index in [0.29, 0.717) is 12.2 Å². The molecular formula is C13H19FO3. The van der Waals surface area contributed by atoms with Gasteiger partial charge in [-0.2, -0.15) is 0 Å². The highest BCUT2D eigenvalue weighted by atomic mass is 19.1. The molecule has 3 nitrogen and oxygen atoms in total. The lowest BCUT2D eigenvalue weighted by molar-refractivity contribution is 0.0187. The molecule has 0 unspecified atom stereocenters. The van der Waals surface area contributed by atoms with Gasteiger partial charge in [-0.05, 0) is 6.07 Å². The van der Waals surface area contributed by atoms with E-state index in [0.717, 1.165) is 0 Å². The monoisotopic (exact) mass is 242 g/mol. The van der Waals surface area contributed by atoms with Crippen LogP contribution in [0.1, 0.15) is 19.4 Å². The van der Waals surface area contributed by atoms with E-state index in [9.17, 15) is 4.39 Å². The van der Waals surface area contributed by atoms with Crippen LogP contribution in [0, 0.1) is 11.2 Å². The predicted molar refractivity (Wildman–Crippen MR) is 63.5 cm³/mol. The average molecular weight is 242 g/mol. The Labute approximate surface area is 101 Å². The Kier molecular flexibility index (Phi) is 4.90. The molecule has 96 valence electrons. The van der Waals surface area contributed by atoms with Gasteiger partial charge in [-0.3, -0.25) is 0 Å². The number of aliphatic hydroxyl groups excluding tert-OH is 1. The van der Waals surface area contributed by atoms with Crippen LogP contribution < -0.4 is 4.74 Å². The molecule has 0 bridgehead atoms. The highest BCUT2D eigenvalue weighted by molar-refractivity contribution is 5.30. The lowest BCUT2D eigenvalue weighted by Gasteiger charge is -2.21. The molecule has 0 amide bonds. The zero-order valence-electron chi connectivity index (χ0n) is 10.5. The molecule has 0 aliphatic carbocycles. The first-order valence-electron chi connectivity index (χ1n) is 5.50. The number of hydrogen-bond acceptors (Lipinski definition) is 3. The fraction of sp³-hybridized carbons (Fsp3) is 0.538. The molecule has 0 saturated heterocycles. The lowest BCUT2D eigenvalue weighted by Crippen LogP contribution is -2.23. The minimum absolute atomic E-state index is 0.0353. The van der Waals surface area contributed by atoms with Gasteiger partial charge in [-0.15, -0.1) is 0 Å². The van der Waals surface area contributed by atoms with Crippen molar-refractivity contribution in [2.45, 2.75) is 20.5 Å². The summed E-state index contributed by atoms with van der Waals surface area (Å²) in [4.78, 5) is 0. The molecule has 1 aromatic carbocycles. The quantitative estimate of drug-likeness (QED) is 0.832. The highest BCUT2D eigenvalue weighted by Crippen LogP contribution is 2.21. The summed E-state index contributed by atoms with van der Waals surface area (Å²) in [6.07, 6.45) is 0. The summed E-state index contributed by atoms with van der Waals surface area (Å²) >= 11 is 0. The van der Waals surface area contributed by atoms with Crippen molar-refractivity contribution in [1.82, 2.24) is 0 Å². The molecule has 0 aromatic heterocycles. The molecule has 0 aliphatic rings. The smallest absolute Gasteiger partial charge is 0.170 e. The number of rotatable bonds is 6. The molecule has 0 fully saturated rings. The topological polar surface area (TPSA) is 38.7 Å². The number of halogens is 1. The average Bonchev–Trinajstić information content (AvgIpc) is 2.31. The highest BCUT2D eigenvalue weighted by Gasteiger charge is 2.17. The molecule has 0 atom stereocenters. The number of benzene rings is 1. The number of hydrogen-bond donors (Lipinski definition) is 1. The number of ether oxygens (including phenoxy) is 2. The van der Waals surface area contributed by atoms with Crippen molar-refractivity contribution in [3.63, 3.8) is 0 Å². The van der Waals surface area contributed by atoms with Crippen LogP contribution in [0.4, 0.5) is 4.39 Å². The molecule has 1 aromatic rings. The standard InChI is InChI=1S/C13H19FO3/c1-13(2,8-15)9-17-7-10-5-4-6-11(16-3)12(10)14/h4-6,15H,7-9H2,1-3H3. The van der Waals surface area contributed by atoms with Gasteiger partial charge in [0.15, 0.2) is 11.6 Å². The first kappa shape index (κ1) is 13.9. The van der Waals surface area contributed by atoms with Crippen molar-refractivity contribution in [2.24, 2.45) is 5.41 Å². The van der Waals surface area contributed by atoms with Gasteiger partial charge in [0.2, 0.25) is 0 Å². The number of aliphatic hydroxyl groups is 1. The van der Waals surface area contributed by atoms with Gasteiger partial charge < -0.3 is 14.6 Å². The van der Waals surface area contributed by atoms with Crippen molar-refractivity contribution in [3.05, 3.63) is 29.6 Å². The third kappa shape index (κ3) is 3.98. The summed E-state index contributed by atoms with van der Waals surface area (Å²) in [5, 5.41) is 9.05. The largest absolute Gasteiger partial charge is 0.494 e. The van der Waals surface area contributed by atoms with Gasteiger partial charge >= 0.3 is 0 Å². The first-order valence-corrected chi connectivity index (χ1v) is 5.50. The Hall–Kier alpha value is -1.13. The summed E-state index contributed by atoms with van der Waals surface area (Å²) in [5.74, 6) is -0.177. The van der Waals surface area contributed by atoms with E-state index in [1.807, 2.05) is 13.8 Å². The third-order valence-electron chi connectivity index (χ3n) is 2.44. The maximum Gasteiger partial charge on any atom is 0.170 e. The van der Waals surface area contributed by atoms with Crippen molar-refractivity contribution >= 4 is 0 Å². The van der Waals surface area contributed by atoms with E-state index in [4.69, 9.17) is 14.6 Å². The van der Waals surface area contributed by atoms with Gasteiger partial charge in [0, 0.05) is 11.0 Å². The van der Waals surface area contributed by atoms with Crippen molar-refractivity contribution < 1.29 is 19.0 Å². The SMILES string of the molecule is COc1cccc(COCC(C)(C)CO)c1F. The van der Waals surface area contributed by atoms with E-state index in [1.54, 1.807) is 18.2 Å². The molecule has 0 saturated carbocycles. The van der Waals surface area contributed by atoms with E-state index in [-0.39, 0.29) is 24.4 Å². The normalized spacial score (nSPS) is 11.6. The molecule has 0 aliphatic heterocycles. The molecular weight excluding hydrogens is 223 g/mol. The van der Waals surface area contributed by atoms with Gasteiger partial charge in [-0.1, -0.05) is 26.0 Å². The first-order chi connectivity index (χ1) is 8.00. The van der Waals surface area contributed by atoms with E-state index < -0.39 is 5.82 Å². The van der Waals surface area contributed by atoms with Crippen LogP contribution in [0.25, 0.3) is 0 Å². The molecule has 0 radical (unpaired) electrons. The fourth-order valence-electron chi connectivity index (χ4n) is 1.31. The molecule has 0 spiro atoms. The second-order valence-electron chi connectivity index (χ2n) is 4.75. The summed E-state index contributed by atoms with van der Waals surface area (Å²) in [6, 6.07) is 4.94. The summed E-state index contributed by atoms with van der Waals surface area (Å²) in [5.41, 5.74) is 0.146. The fourth-order valence-corrected chi connectivity index (χ4v) is 1.31. The molecule has 17 heavy (non-hydrogen) atoms. The van der Waals surface area contributed by atoms with Crippen LogP contribution in [0.2, 0.25) is 0 Å². The Morgan fingerprint density at radius 3 is 2.65 bits per heavy atom. The molecule has 0 heterocycles. The molecule has 4 heteroatoms. The van der Waals surface area contributed by atoms with E-state index in [1.165, 1.54) is 7.11 Å². The van der Waals surface area contributed by atoms with Crippen LogP contribution >= 0.6 is 0 Å². The summed E-state index contributed by atoms with van der Waals surface area (Å²) < 4.78 is 24.0. The molecule has 1 N–H and O–H groups in total. The Morgan fingerprint density at radius 2 is 2.06 bits per heavy atom.